The predicted octanol–water partition coefficient (Wildman–Crippen LogP) is 0.791. The molecule has 0 radical (unpaired) electrons. The van der Waals surface area contributed by atoms with Gasteiger partial charge in [-0.2, -0.15) is 0 Å². The van der Waals surface area contributed by atoms with E-state index in [9.17, 15) is 4.79 Å². The second-order valence-electron chi connectivity index (χ2n) is 5.50. The minimum Gasteiger partial charge on any atom is -0.367 e. The Kier molecular flexibility index (Phi) is 3.89. The number of unbranched alkanes of at least 4 members (excludes halogenated alkanes) is 1. The summed E-state index contributed by atoms with van der Waals surface area (Å²) in [6, 6.07) is 0.194. The summed E-state index contributed by atoms with van der Waals surface area (Å²) in [5, 5.41) is 8.84. The van der Waals surface area contributed by atoms with Gasteiger partial charge in [0.25, 0.3) is 0 Å². The summed E-state index contributed by atoms with van der Waals surface area (Å²) >= 11 is 0. The number of carbonyl (C=O) groups is 1. The molecule has 0 spiro atoms. The Hall–Kier alpha value is -1.59. The Morgan fingerprint density at radius 1 is 1.50 bits per heavy atom. The van der Waals surface area contributed by atoms with Crippen molar-refractivity contribution in [3.63, 3.8) is 0 Å². The van der Waals surface area contributed by atoms with E-state index in [0.717, 1.165) is 18.5 Å². The number of ketones is 1. The van der Waals surface area contributed by atoms with Crippen LogP contribution in [0.1, 0.15) is 26.2 Å². The van der Waals surface area contributed by atoms with Crippen molar-refractivity contribution in [2.75, 3.05) is 13.1 Å². The van der Waals surface area contributed by atoms with E-state index < -0.39 is 0 Å². The fourth-order valence-electron chi connectivity index (χ4n) is 2.95. The molecule has 20 heavy (non-hydrogen) atoms. The lowest BCUT2D eigenvalue weighted by Crippen LogP contribution is -2.59. The van der Waals surface area contributed by atoms with Crippen LogP contribution in [-0.2, 0) is 4.79 Å². The van der Waals surface area contributed by atoms with Gasteiger partial charge < -0.3 is 5.32 Å². The maximum Gasteiger partial charge on any atom is 0.150 e. The number of Topliss-reactive ketones (excluding diaryl/α,β-unsaturated/α-hetero) is 1. The van der Waals surface area contributed by atoms with Gasteiger partial charge in [-0.15, -0.1) is 0 Å². The van der Waals surface area contributed by atoms with Gasteiger partial charge in [0.15, 0.2) is 5.78 Å². The van der Waals surface area contributed by atoms with E-state index in [1.165, 1.54) is 12.0 Å². The van der Waals surface area contributed by atoms with Crippen molar-refractivity contribution in [1.82, 2.24) is 21.1 Å². The zero-order valence-electron chi connectivity index (χ0n) is 11.9. The van der Waals surface area contributed by atoms with E-state index in [1.54, 1.807) is 0 Å². The van der Waals surface area contributed by atoms with Crippen molar-refractivity contribution in [3.05, 3.63) is 35.7 Å². The lowest BCUT2D eigenvalue weighted by Gasteiger charge is -2.44. The third-order valence-corrected chi connectivity index (χ3v) is 3.97. The molecule has 2 atom stereocenters. The molecule has 0 aromatic heterocycles. The van der Waals surface area contributed by atoms with Gasteiger partial charge in [0.05, 0.1) is 12.6 Å². The van der Waals surface area contributed by atoms with Crippen molar-refractivity contribution in [1.29, 1.82) is 0 Å². The monoisotopic (exact) mass is 274 g/mol. The van der Waals surface area contributed by atoms with Gasteiger partial charge in [-0.1, -0.05) is 19.4 Å². The van der Waals surface area contributed by atoms with E-state index in [1.807, 2.05) is 12.3 Å². The molecule has 5 nitrogen and oxygen atoms in total. The number of carbonyl (C=O) groups excluding carboxylic acids is 1. The topological polar surface area (TPSA) is 56.4 Å². The summed E-state index contributed by atoms with van der Waals surface area (Å²) in [6.07, 6.45) is 11.2. The van der Waals surface area contributed by atoms with Crippen molar-refractivity contribution >= 4 is 5.78 Å². The molecule has 3 heterocycles. The molecule has 0 amide bonds. The fraction of sp³-hybridized carbons (Fsp3) is 0.533. The number of nitrogens with zero attached hydrogens (tertiary/aromatic N) is 1. The summed E-state index contributed by atoms with van der Waals surface area (Å²) in [5.41, 5.74) is 5.89. The second-order valence-corrected chi connectivity index (χ2v) is 5.50. The van der Waals surface area contributed by atoms with Crippen LogP contribution < -0.4 is 16.1 Å². The smallest absolute Gasteiger partial charge is 0.150 e. The Morgan fingerprint density at radius 2 is 2.40 bits per heavy atom. The normalized spacial score (nSPS) is 28.2. The highest BCUT2D eigenvalue weighted by atomic mass is 16.1. The number of hydrogen-bond acceptors (Lipinski definition) is 5. The van der Waals surface area contributed by atoms with Crippen LogP contribution in [0.3, 0.4) is 0 Å². The summed E-state index contributed by atoms with van der Waals surface area (Å²) in [5.74, 6) is 0.263. The first kappa shape index (κ1) is 13.4. The summed E-state index contributed by atoms with van der Waals surface area (Å²) < 4.78 is 0. The Labute approximate surface area is 119 Å². The van der Waals surface area contributed by atoms with Crippen LogP contribution in [0.25, 0.3) is 0 Å². The largest absolute Gasteiger partial charge is 0.367 e. The number of fused-ring (bicyclic) bond motifs is 3. The SMILES string of the molecule is CCCCNN1C=C2CC(=O)CNC2C2=CC=CNC21. The van der Waals surface area contributed by atoms with Crippen LogP contribution in [0.4, 0.5) is 0 Å². The van der Waals surface area contributed by atoms with Crippen molar-refractivity contribution in [2.45, 2.75) is 38.4 Å². The molecule has 0 aliphatic carbocycles. The van der Waals surface area contributed by atoms with Gasteiger partial charge in [0.2, 0.25) is 0 Å². The second kappa shape index (κ2) is 5.81. The lowest BCUT2D eigenvalue weighted by atomic mass is 9.86. The van der Waals surface area contributed by atoms with Crippen LogP contribution in [0.15, 0.2) is 35.7 Å². The van der Waals surface area contributed by atoms with E-state index in [2.05, 4.69) is 40.3 Å². The molecule has 3 rings (SSSR count). The highest BCUT2D eigenvalue weighted by molar-refractivity contribution is 5.85. The number of hydrogen-bond donors (Lipinski definition) is 3. The average molecular weight is 274 g/mol. The van der Waals surface area contributed by atoms with Crippen LogP contribution in [0, 0.1) is 0 Å². The van der Waals surface area contributed by atoms with Gasteiger partial charge in [-0.25, -0.2) is 5.43 Å². The summed E-state index contributed by atoms with van der Waals surface area (Å²) in [6.45, 7) is 3.60. The molecule has 3 aliphatic rings. The summed E-state index contributed by atoms with van der Waals surface area (Å²) in [4.78, 5) is 11.7. The van der Waals surface area contributed by atoms with Crippen molar-refractivity contribution < 1.29 is 4.79 Å². The standard InChI is InChI=1S/C15H22N4O/c1-2-3-7-18-19-10-11-8-12(20)9-17-14(11)13-5-4-6-16-15(13)19/h4-6,10,14-18H,2-3,7-9H2,1H3. The minimum atomic E-state index is 0.131. The number of allylic oxidation sites excluding steroid dienone is 2. The first-order valence-corrected chi connectivity index (χ1v) is 7.40. The Morgan fingerprint density at radius 3 is 3.25 bits per heavy atom. The van der Waals surface area contributed by atoms with Crippen LogP contribution in [-0.4, -0.2) is 36.1 Å². The third kappa shape index (κ3) is 2.51. The third-order valence-electron chi connectivity index (χ3n) is 3.97. The molecule has 0 bridgehead atoms. The van der Waals surface area contributed by atoms with Crippen LogP contribution in [0.5, 0.6) is 0 Å². The van der Waals surface area contributed by atoms with Gasteiger partial charge in [-0.3, -0.25) is 15.1 Å². The average Bonchev–Trinajstić information content (AvgIpc) is 2.47. The van der Waals surface area contributed by atoms with Gasteiger partial charge in [0.1, 0.15) is 6.17 Å². The Bertz CT molecular complexity index is 480. The Balaban J connectivity index is 1.83. The molecule has 3 aliphatic heterocycles. The van der Waals surface area contributed by atoms with E-state index in [4.69, 9.17) is 0 Å². The minimum absolute atomic E-state index is 0.131. The van der Waals surface area contributed by atoms with Gasteiger partial charge in [-0.05, 0) is 29.8 Å². The molecule has 0 aromatic carbocycles. The van der Waals surface area contributed by atoms with Gasteiger partial charge in [0, 0.05) is 19.2 Å². The predicted molar refractivity (Wildman–Crippen MR) is 78.4 cm³/mol. The zero-order chi connectivity index (χ0) is 13.9. The molecular formula is C15H22N4O. The van der Waals surface area contributed by atoms with E-state index in [-0.39, 0.29) is 18.0 Å². The molecule has 1 saturated heterocycles. The molecule has 0 aromatic rings. The first-order chi connectivity index (χ1) is 9.79. The number of dihydropyridines is 1. The maximum atomic E-state index is 11.7. The molecule has 108 valence electrons. The number of piperidine rings is 1. The number of rotatable bonds is 4. The molecule has 5 heteroatoms. The fourth-order valence-corrected chi connectivity index (χ4v) is 2.95. The molecular weight excluding hydrogens is 252 g/mol. The van der Waals surface area contributed by atoms with Crippen molar-refractivity contribution in [2.24, 2.45) is 0 Å². The highest BCUT2D eigenvalue weighted by Gasteiger charge is 2.36. The summed E-state index contributed by atoms with van der Waals surface area (Å²) in [7, 11) is 0. The number of nitrogens with one attached hydrogen (secondary N) is 3. The van der Waals surface area contributed by atoms with E-state index >= 15 is 0 Å². The lowest BCUT2D eigenvalue weighted by molar-refractivity contribution is -0.118. The van der Waals surface area contributed by atoms with E-state index in [0.29, 0.717) is 13.0 Å². The first-order valence-electron chi connectivity index (χ1n) is 7.40. The highest BCUT2D eigenvalue weighted by Crippen LogP contribution is 2.29. The van der Waals surface area contributed by atoms with Gasteiger partial charge >= 0.3 is 0 Å². The molecule has 0 saturated carbocycles. The molecule has 2 unspecified atom stereocenters. The maximum absolute atomic E-state index is 11.7. The van der Waals surface area contributed by atoms with Crippen LogP contribution in [0.2, 0.25) is 0 Å². The van der Waals surface area contributed by atoms with Crippen molar-refractivity contribution in [3.8, 4) is 0 Å². The van der Waals surface area contributed by atoms with Crippen LogP contribution >= 0.6 is 0 Å². The molecule has 3 N–H and O–H groups in total. The molecule has 1 fully saturated rings. The quantitative estimate of drug-likeness (QED) is 0.662. The number of hydrazine groups is 1. The zero-order valence-corrected chi connectivity index (χ0v) is 11.9.